The van der Waals surface area contributed by atoms with Crippen LogP contribution in [-0.2, 0) is 10.8 Å². The van der Waals surface area contributed by atoms with Gasteiger partial charge in [0.1, 0.15) is 5.58 Å². The monoisotopic (exact) mass is 852 g/mol. The number of benzene rings is 10. The second-order valence-corrected chi connectivity index (χ2v) is 17.7. The average molecular weight is 853 g/mol. The molecule has 0 spiro atoms. The SMILES string of the molecule is [2H]c1c([2H])c([2H])c(-c2c([2H])c([2H])c(N(c3ccc4c(c3)C(C)(C)c3ccccc3-4)c3cccc4c3oc3c(-c5ccc(C6(c7ccccc7)c7ccccc7-c7ccccc76)cc5)cccc34)c([2H])c2[2H])c([2H])c1[2H]. The summed E-state index contributed by atoms with van der Waals surface area (Å²) in [5.41, 5.74) is 13.5. The van der Waals surface area contributed by atoms with Crippen LogP contribution < -0.4 is 4.90 Å². The van der Waals surface area contributed by atoms with Crippen molar-refractivity contribution in [2.24, 2.45) is 0 Å². The maximum atomic E-state index is 9.75. The van der Waals surface area contributed by atoms with Crippen molar-refractivity contribution in [3.05, 3.63) is 270 Å². The van der Waals surface area contributed by atoms with Gasteiger partial charge >= 0.3 is 0 Å². The third-order valence-electron chi connectivity index (χ3n) is 13.9. The highest BCUT2D eigenvalue weighted by molar-refractivity contribution is 6.13. The van der Waals surface area contributed by atoms with Crippen LogP contribution in [0.3, 0.4) is 0 Å². The molecule has 1 heterocycles. The minimum atomic E-state index is -0.636. The van der Waals surface area contributed by atoms with Crippen LogP contribution in [-0.4, -0.2) is 0 Å². The smallest absolute Gasteiger partial charge is 0.159 e. The first kappa shape index (κ1) is 30.0. The number of para-hydroxylation sites is 2. The fraction of sp³-hybridized carbons (Fsp3) is 0.0625. The Bertz CT molecular complexity index is 4120. The molecule has 2 aliphatic rings. The van der Waals surface area contributed by atoms with Gasteiger partial charge in [0.2, 0.25) is 0 Å². The molecule has 1 aromatic heterocycles. The summed E-state index contributed by atoms with van der Waals surface area (Å²) in [6.45, 7) is 4.33. The van der Waals surface area contributed by atoms with Crippen molar-refractivity contribution in [3.8, 4) is 44.5 Å². The fourth-order valence-corrected chi connectivity index (χ4v) is 11.0. The topological polar surface area (TPSA) is 16.4 Å². The van der Waals surface area contributed by atoms with E-state index in [9.17, 15) is 5.48 Å². The highest BCUT2D eigenvalue weighted by atomic mass is 16.3. The Morgan fingerprint density at radius 3 is 1.64 bits per heavy atom. The summed E-state index contributed by atoms with van der Waals surface area (Å²) in [5, 5.41) is 1.61. The Kier molecular flexibility index (Phi) is 6.67. The molecule has 0 amide bonds. The first-order chi connectivity index (χ1) is 36.2. The van der Waals surface area contributed by atoms with Gasteiger partial charge in [-0.25, -0.2) is 0 Å². The Morgan fingerprint density at radius 1 is 0.394 bits per heavy atom. The van der Waals surface area contributed by atoms with Crippen molar-refractivity contribution in [1.82, 2.24) is 0 Å². The fourth-order valence-electron chi connectivity index (χ4n) is 11.0. The second-order valence-electron chi connectivity index (χ2n) is 17.7. The number of nitrogens with zero attached hydrogens (tertiary/aromatic N) is 1. The molecular formula is C64H45NO. The van der Waals surface area contributed by atoms with Gasteiger partial charge in [-0.05, 0) is 103 Å². The maximum Gasteiger partial charge on any atom is 0.159 e. The molecule has 0 radical (unpaired) electrons. The van der Waals surface area contributed by atoms with Crippen LogP contribution in [0.25, 0.3) is 66.4 Å². The Morgan fingerprint density at radius 2 is 0.939 bits per heavy atom. The minimum absolute atomic E-state index is 0.0967. The first-order valence-corrected chi connectivity index (χ1v) is 22.3. The number of hydrogen-bond donors (Lipinski definition) is 0. The van der Waals surface area contributed by atoms with Crippen LogP contribution in [0.1, 0.15) is 59.6 Å². The van der Waals surface area contributed by atoms with E-state index in [-0.39, 0.29) is 11.3 Å². The van der Waals surface area contributed by atoms with E-state index in [0.717, 1.165) is 49.7 Å². The molecule has 0 N–H and O–H groups in total. The van der Waals surface area contributed by atoms with Crippen LogP contribution in [0.15, 0.2) is 241 Å². The lowest BCUT2D eigenvalue weighted by atomic mass is 9.67. The van der Waals surface area contributed by atoms with Crippen LogP contribution >= 0.6 is 0 Å². The predicted molar refractivity (Wildman–Crippen MR) is 274 cm³/mol. The Labute approximate surface area is 398 Å². The molecule has 2 heteroatoms. The van der Waals surface area contributed by atoms with Gasteiger partial charge < -0.3 is 9.32 Å². The van der Waals surface area contributed by atoms with Crippen LogP contribution in [0.2, 0.25) is 0 Å². The summed E-state index contributed by atoms with van der Waals surface area (Å²) in [6.07, 6.45) is 0. The molecule has 10 aromatic carbocycles. The highest BCUT2D eigenvalue weighted by Crippen LogP contribution is 2.57. The Hall–Kier alpha value is -8.20. The molecule has 11 aromatic rings. The van der Waals surface area contributed by atoms with Gasteiger partial charge in [0.05, 0.1) is 23.4 Å². The molecule has 13 rings (SSSR count). The summed E-state index contributed by atoms with van der Waals surface area (Å²) >= 11 is 0. The zero-order chi connectivity index (χ0) is 51.8. The normalized spacial score (nSPS) is 15.8. The predicted octanol–water partition coefficient (Wildman–Crippen LogP) is 17.1. The van der Waals surface area contributed by atoms with E-state index in [0.29, 0.717) is 22.5 Å². The lowest BCUT2D eigenvalue weighted by Crippen LogP contribution is -2.28. The van der Waals surface area contributed by atoms with Crippen LogP contribution in [0.4, 0.5) is 17.1 Å². The minimum Gasteiger partial charge on any atom is -0.453 e. The molecule has 2 nitrogen and oxygen atoms in total. The molecule has 0 saturated heterocycles. The highest BCUT2D eigenvalue weighted by Gasteiger charge is 2.46. The van der Waals surface area contributed by atoms with Crippen LogP contribution in [0.5, 0.6) is 0 Å². The second kappa shape index (κ2) is 14.7. The average Bonchev–Trinajstić information content (AvgIpc) is 4.09. The van der Waals surface area contributed by atoms with Crippen molar-refractivity contribution in [2.75, 3.05) is 4.90 Å². The summed E-state index contributed by atoms with van der Waals surface area (Å²) in [5.74, 6) is 0. The molecule has 66 heavy (non-hydrogen) atoms. The van der Waals surface area contributed by atoms with E-state index in [1.807, 2.05) is 66.7 Å². The molecule has 0 aliphatic heterocycles. The quantitative estimate of drug-likeness (QED) is 0.159. The lowest BCUT2D eigenvalue weighted by molar-refractivity contribution is 0.660. The molecule has 0 saturated carbocycles. The van der Waals surface area contributed by atoms with E-state index in [1.54, 1.807) is 4.90 Å². The summed E-state index contributed by atoms with van der Waals surface area (Å²) < 4.78 is 88.1. The van der Waals surface area contributed by atoms with E-state index < -0.39 is 70.8 Å². The van der Waals surface area contributed by atoms with Crippen molar-refractivity contribution in [3.63, 3.8) is 0 Å². The molecule has 2 aliphatic carbocycles. The van der Waals surface area contributed by atoms with Gasteiger partial charge in [-0.3, -0.25) is 0 Å². The molecule has 0 atom stereocenters. The van der Waals surface area contributed by atoms with Gasteiger partial charge in [-0.15, -0.1) is 0 Å². The standard InChI is InChI=1S/C64H45NO/c1-63(2)56-27-12-9-21-50(56)53-40-39-48(41-59(53)63)65(47-37-33-43(34-38-47)42-17-5-3-6-18-42)60-30-16-26-55-54-25-15-24-49(61(54)66-62(55)60)44-31-35-46(36-32-44)64(45-19-7-4-8-20-45)57-28-13-10-22-51(57)52-23-11-14-29-58(52)64/h3-41H,1-2H3/i3D,5D,6D,17D,18D,33D,34D,37D,38D. The summed E-state index contributed by atoms with van der Waals surface area (Å²) in [6, 6.07) is 57.7. The number of rotatable bonds is 7. The van der Waals surface area contributed by atoms with E-state index in [4.69, 9.17) is 11.3 Å². The van der Waals surface area contributed by atoms with Crippen molar-refractivity contribution in [1.29, 1.82) is 0 Å². The maximum absolute atomic E-state index is 9.75. The number of hydrogen-bond acceptors (Lipinski definition) is 2. The summed E-state index contributed by atoms with van der Waals surface area (Å²) in [7, 11) is 0. The van der Waals surface area contributed by atoms with Gasteiger partial charge in [0.15, 0.2) is 5.58 Å². The third-order valence-corrected chi connectivity index (χ3v) is 13.9. The first-order valence-electron chi connectivity index (χ1n) is 26.8. The molecule has 0 fully saturated rings. The largest absolute Gasteiger partial charge is 0.453 e. The molecule has 0 bridgehead atoms. The van der Waals surface area contributed by atoms with E-state index >= 15 is 0 Å². The van der Waals surface area contributed by atoms with E-state index in [1.165, 1.54) is 27.8 Å². The van der Waals surface area contributed by atoms with Crippen molar-refractivity contribution < 1.29 is 16.8 Å². The van der Waals surface area contributed by atoms with Gasteiger partial charge in [-0.2, -0.15) is 0 Å². The van der Waals surface area contributed by atoms with Gasteiger partial charge in [0, 0.05) is 33.1 Å². The zero-order valence-electron chi connectivity index (χ0n) is 45.2. The number of fused-ring (bicyclic) bond motifs is 9. The molecular weight excluding hydrogens is 799 g/mol. The van der Waals surface area contributed by atoms with Crippen LogP contribution in [0, 0.1) is 0 Å². The molecule has 312 valence electrons. The third kappa shape index (κ3) is 5.55. The van der Waals surface area contributed by atoms with Gasteiger partial charge in [-0.1, -0.05) is 220 Å². The summed E-state index contributed by atoms with van der Waals surface area (Å²) in [4.78, 5) is 1.71. The van der Waals surface area contributed by atoms with E-state index in [2.05, 4.69) is 129 Å². The van der Waals surface area contributed by atoms with Gasteiger partial charge in [0.25, 0.3) is 0 Å². The van der Waals surface area contributed by atoms with Crippen molar-refractivity contribution >= 4 is 39.0 Å². The Balaban J connectivity index is 1.01. The zero-order valence-corrected chi connectivity index (χ0v) is 36.2. The lowest BCUT2D eigenvalue weighted by Gasteiger charge is -2.34. The molecule has 0 unspecified atom stereocenters. The number of anilines is 3. The van der Waals surface area contributed by atoms with Crippen molar-refractivity contribution in [2.45, 2.75) is 24.7 Å². The number of furan rings is 1.